The monoisotopic (exact) mass is 632 g/mol. The third kappa shape index (κ3) is 7.45. The van der Waals surface area contributed by atoms with Gasteiger partial charge in [0.1, 0.15) is 6.04 Å². The summed E-state index contributed by atoms with van der Waals surface area (Å²) in [6.45, 7) is 2.76. The Hall–Kier alpha value is -4.25. The highest BCUT2D eigenvalue weighted by molar-refractivity contribution is 6.67. The van der Waals surface area contributed by atoms with Crippen LogP contribution in [-0.4, -0.2) is 90.9 Å². The van der Waals surface area contributed by atoms with Gasteiger partial charge >= 0.3 is 5.97 Å². The zero-order valence-corrected chi connectivity index (χ0v) is 23.6. The lowest BCUT2D eigenvalue weighted by Crippen LogP contribution is -2.63. The lowest BCUT2D eigenvalue weighted by atomic mass is 9.95. The molecule has 17 heteroatoms. The van der Waals surface area contributed by atoms with E-state index in [0.717, 1.165) is 13.1 Å². The molecule has 1 aromatic carbocycles. The summed E-state index contributed by atoms with van der Waals surface area (Å²) in [6.07, 6.45) is -3.41. The van der Waals surface area contributed by atoms with Gasteiger partial charge in [0.25, 0.3) is 11.8 Å². The number of carbonyl (C=O) groups is 5. The minimum atomic E-state index is -2.44. The molecular formula is C27H29F5N4O8. The zero-order chi connectivity index (χ0) is 32.9. The summed E-state index contributed by atoms with van der Waals surface area (Å²) in [6, 6.07) is -5.02. The fourth-order valence-corrected chi connectivity index (χ4v) is 4.47. The highest BCUT2D eigenvalue weighted by atomic mass is 19.2. The maximum Gasteiger partial charge on any atom is 0.309 e. The SMILES string of the molecule is C/C=C\C(=O)C(=NC)C(=O)NC1C(=O)NC(Cc2c(F)c(F)c(F)c(F)c2F)C(O)CC(=O)OC(C2COC2)C(=O)NC1C. The van der Waals surface area contributed by atoms with E-state index in [9.17, 15) is 51.0 Å². The number of aliphatic hydroxyl groups excluding tert-OH is 1. The topological polar surface area (TPSA) is 172 Å². The number of ketones is 1. The summed E-state index contributed by atoms with van der Waals surface area (Å²) in [7, 11) is 1.12. The van der Waals surface area contributed by atoms with Gasteiger partial charge in [-0.25, -0.2) is 22.0 Å². The fraction of sp³-hybridized carbons (Fsp3) is 0.481. The lowest BCUT2D eigenvalue weighted by Gasteiger charge is -2.35. The van der Waals surface area contributed by atoms with Gasteiger partial charge in [-0.3, -0.25) is 29.0 Å². The normalized spacial score (nSPS) is 25.7. The summed E-state index contributed by atoms with van der Waals surface area (Å²) < 4.78 is 80.8. The van der Waals surface area contributed by atoms with Crippen LogP contribution in [0.2, 0.25) is 0 Å². The number of nitrogens with zero attached hydrogens (tertiary/aromatic N) is 1. The van der Waals surface area contributed by atoms with E-state index >= 15 is 0 Å². The van der Waals surface area contributed by atoms with Crippen LogP contribution in [0.15, 0.2) is 17.1 Å². The number of ether oxygens (including phenoxy) is 2. The quantitative estimate of drug-likeness (QED) is 0.0616. The first-order valence-corrected chi connectivity index (χ1v) is 13.2. The number of nitrogens with one attached hydrogen (secondary N) is 3. The number of aliphatic hydroxyl groups is 1. The molecule has 0 aromatic heterocycles. The van der Waals surface area contributed by atoms with E-state index in [-0.39, 0.29) is 13.2 Å². The number of carbonyl (C=O) groups excluding carboxylic acids is 5. The molecule has 3 rings (SSSR count). The number of benzene rings is 1. The van der Waals surface area contributed by atoms with Gasteiger partial charge in [-0.2, -0.15) is 0 Å². The Kier molecular flexibility index (Phi) is 11.3. The average Bonchev–Trinajstić information content (AvgIpc) is 2.93. The highest BCUT2D eigenvalue weighted by Gasteiger charge is 2.41. The van der Waals surface area contributed by atoms with Crippen LogP contribution in [0.4, 0.5) is 22.0 Å². The van der Waals surface area contributed by atoms with Crippen LogP contribution in [0.1, 0.15) is 25.8 Å². The Balaban J connectivity index is 2.04. The number of hydrogen-bond acceptors (Lipinski definition) is 9. The number of esters is 1. The fourth-order valence-electron chi connectivity index (χ4n) is 4.47. The smallest absolute Gasteiger partial charge is 0.309 e. The van der Waals surface area contributed by atoms with E-state index in [2.05, 4.69) is 20.9 Å². The van der Waals surface area contributed by atoms with Crippen LogP contribution in [-0.2, 0) is 39.9 Å². The summed E-state index contributed by atoms with van der Waals surface area (Å²) in [4.78, 5) is 68.1. The van der Waals surface area contributed by atoms with Crippen LogP contribution < -0.4 is 16.0 Å². The Morgan fingerprint density at radius 3 is 2.11 bits per heavy atom. The van der Waals surface area contributed by atoms with E-state index < -0.39 is 119 Å². The third-order valence-corrected chi connectivity index (χ3v) is 6.93. The average molecular weight is 633 g/mol. The first-order chi connectivity index (χ1) is 20.7. The molecule has 12 nitrogen and oxygen atoms in total. The van der Waals surface area contributed by atoms with Gasteiger partial charge in [-0.15, -0.1) is 0 Å². The van der Waals surface area contributed by atoms with E-state index in [1.54, 1.807) is 0 Å². The molecule has 5 unspecified atom stereocenters. The number of rotatable bonds is 7. The number of cyclic esters (lactones) is 1. The predicted octanol–water partition coefficient (Wildman–Crippen LogP) is -0.0623. The molecule has 5 atom stereocenters. The van der Waals surface area contributed by atoms with Gasteiger partial charge in [-0.05, 0) is 19.9 Å². The van der Waals surface area contributed by atoms with Crippen LogP contribution in [0.25, 0.3) is 0 Å². The zero-order valence-electron chi connectivity index (χ0n) is 23.6. The molecule has 0 bridgehead atoms. The van der Waals surface area contributed by atoms with Gasteiger partial charge in [-0.1, -0.05) is 6.08 Å². The Morgan fingerprint density at radius 1 is 1.00 bits per heavy atom. The molecule has 3 amide bonds. The van der Waals surface area contributed by atoms with Crippen LogP contribution in [0, 0.1) is 35.0 Å². The molecule has 4 N–H and O–H groups in total. The van der Waals surface area contributed by atoms with Crippen molar-refractivity contribution in [2.75, 3.05) is 20.3 Å². The minimum absolute atomic E-state index is 0.00913. The summed E-state index contributed by atoms with van der Waals surface area (Å²) in [5.41, 5.74) is -2.05. The first kappa shape index (κ1) is 34.2. The molecule has 240 valence electrons. The van der Waals surface area contributed by atoms with E-state index in [0.29, 0.717) is 0 Å². The molecule has 0 saturated carbocycles. The number of allylic oxidation sites excluding steroid dienone is 2. The van der Waals surface area contributed by atoms with Gasteiger partial charge in [0.15, 0.2) is 35.1 Å². The molecule has 0 aliphatic carbocycles. The first-order valence-electron chi connectivity index (χ1n) is 13.2. The van der Waals surface area contributed by atoms with Crippen molar-refractivity contribution in [3.63, 3.8) is 0 Å². The Bertz CT molecular complexity index is 1370. The second-order valence-corrected chi connectivity index (χ2v) is 10.0. The van der Waals surface area contributed by atoms with Crippen LogP contribution in [0.3, 0.4) is 0 Å². The highest BCUT2D eigenvalue weighted by Crippen LogP contribution is 2.26. The molecule has 2 aliphatic heterocycles. The van der Waals surface area contributed by atoms with Gasteiger partial charge in [0.05, 0.1) is 43.7 Å². The maximum absolute atomic E-state index is 14.5. The summed E-state index contributed by atoms with van der Waals surface area (Å²) in [5, 5.41) is 17.6. The van der Waals surface area contributed by atoms with Crippen LogP contribution >= 0.6 is 0 Å². The molecule has 1 aromatic rings. The van der Waals surface area contributed by atoms with Crippen molar-refractivity contribution in [1.82, 2.24) is 16.0 Å². The minimum Gasteiger partial charge on any atom is -0.452 e. The van der Waals surface area contributed by atoms with Crippen molar-refractivity contribution in [2.45, 2.75) is 57.0 Å². The third-order valence-electron chi connectivity index (χ3n) is 6.93. The lowest BCUT2D eigenvalue weighted by molar-refractivity contribution is -0.174. The van der Waals surface area contributed by atoms with Gasteiger partial charge in [0, 0.05) is 19.0 Å². The molecule has 0 radical (unpaired) electrons. The molecule has 0 spiro atoms. The Morgan fingerprint density at radius 2 is 1.59 bits per heavy atom. The van der Waals surface area contributed by atoms with E-state index in [1.165, 1.54) is 19.9 Å². The van der Waals surface area contributed by atoms with Crippen molar-refractivity contribution < 1.29 is 60.5 Å². The molecule has 2 fully saturated rings. The van der Waals surface area contributed by atoms with Crippen LogP contribution in [0.5, 0.6) is 0 Å². The van der Waals surface area contributed by atoms with Gasteiger partial charge in [0.2, 0.25) is 17.5 Å². The standard InChI is InChI=1S/C27H29F5N4O8/c1-4-5-14(37)23(33-3)26(41)36-22-10(2)34-27(42)24(11-8-43-9-11)44-16(39)7-15(38)13(35-25(22)40)6-12-17(28)19(30)21(32)20(31)18(12)29/h4-5,10-11,13,15,22,24,38H,6-9H2,1-3H3,(H,34,42)(H,35,40)(H,36,41)/b5-4-,33-23?. The van der Waals surface area contributed by atoms with Crippen molar-refractivity contribution in [2.24, 2.45) is 10.9 Å². The molecule has 2 saturated heterocycles. The number of aliphatic imine (C=N–C) groups is 1. The second-order valence-electron chi connectivity index (χ2n) is 10.0. The number of halogens is 5. The number of hydrogen-bond donors (Lipinski definition) is 4. The predicted molar refractivity (Wildman–Crippen MR) is 139 cm³/mol. The van der Waals surface area contributed by atoms with Crippen molar-refractivity contribution in [3.05, 3.63) is 46.8 Å². The Labute approximate surface area is 247 Å². The van der Waals surface area contributed by atoms with Crippen molar-refractivity contribution >= 4 is 35.2 Å². The number of amides is 3. The van der Waals surface area contributed by atoms with Crippen molar-refractivity contribution in [3.8, 4) is 0 Å². The molecule has 2 heterocycles. The maximum atomic E-state index is 14.5. The molecular weight excluding hydrogens is 603 g/mol. The largest absolute Gasteiger partial charge is 0.452 e. The van der Waals surface area contributed by atoms with Gasteiger partial charge < -0.3 is 30.5 Å². The van der Waals surface area contributed by atoms with E-state index in [4.69, 9.17) is 9.47 Å². The summed E-state index contributed by atoms with van der Waals surface area (Å²) in [5.74, 6) is -17.4. The van der Waals surface area contributed by atoms with Crippen molar-refractivity contribution in [1.29, 1.82) is 0 Å². The van der Waals surface area contributed by atoms with E-state index in [1.807, 2.05) is 0 Å². The second kappa shape index (κ2) is 14.5. The molecule has 2 aliphatic rings. The molecule has 44 heavy (non-hydrogen) atoms. The summed E-state index contributed by atoms with van der Waals surface area (Å²) >= 11 is 0.